The molecule has 1 atom stereocenters. The molecular formula is C15H18FN3. The summed E-state index contributed by atoms with van der Waals surface area (Å²) in [5.74, 6) is 0.378. The van der Waals surface area contributed by atoms with E-state index in [1.165, 1.54) is 12.1 Å². The highest BCUT2D eigenvalue weighted by Gasteiger charge is 2.10. The smallest absolute Gasteiger partial charge is 0.159 e. The fourth-order valence-corrected chi connectivity index (χ4v) is 2.06. The van der Waals surface area contributed by atoms with Gasteiger partial charge in [-0.15, -0.1) is 0 Å². The van der Waals surface area contributed by atoms with Crippen LogP contribution in [0.2, 0.25) is 0 Å². The van der Waals surface area contributed by atoms with Gasteiger partial charge in [0.2, 0.25) is 0 Å². The van der Waals surface area contributed by atoms with Gasteiger partial charge in [0.15, 0.2) is 5.82 Å². The Kier molecular flexibility index (Phi) is 4.22. The van der Waals surface area contributed by atoms with Crippen molar-refractivity contribution >= 4 is 0 Å². The molecule has 4 heteroatoms. The van der Waals surface area contributed by atoms with Crippen LogP contribution in [0.3, 0.4) is 0 Å². The SMILES string of the molecule is CCNC(C)c1cnc(-c2ccc(F)cc2)nc1C. The average molecular weight is 259 g/mol. The van der Waals surface area contributed by atoms with E-state index in [2.05, 4.69) is 29.1 Å². The summed E-state index contributed by atoms with van der Waals surface area (Å²) in [5, 5.41) is 3.34. The van der Waals surface area contributed by atoms with Crippen molar-refractivity contribution in [3.05, 3.63) is 47.5 Å². The van der Waals surface area contributed by atoms with Gasteiger partial charge in [0.25, 0.3) is 0 Å². The number of hydrogen-bond acceptors (Lipinski definition) is 3. The zero-order chi connectivity index (χ0) is 13.8. The second-order valence-electron chi connectivity index (χ2n) is 4.52. The van der Waals surface area contributed by atoms with Crippen LogP contribution in [0.5, 0.6) is 0 Å². The standard InChI is InChI=1S/C15H18FN3/c1-4-17-10(2)14-9-18-15(19-11(14)3)12-5-7-13(16)8-6-12/h5-10,17H,4H2,1-3H3. The molecule has 19 heavy (non-hydrogen) atoms. The first-order chi connectivity index (χ1) is 9.11. The molecule has 0 aliphatic carbocycles. The van der Waals surface area contributed by atoms with E-state index in [0.717, 1.165) is 23.4 Å². The molecule has 0 aliphatic rings. The molecule has 0 aliphatic heterocycles. The van der Waals surface area contributed by atoms with E-state index in [0.29, 0.717) is 5.82 Å². The number of aryl methyl sites for hydroxylation is 1. The van der Waals surface area contributed by atoms with Crippen LogP contribution in [0, 0.1) is 12.7 Å². The van der Waals surface area contributed by atoms with Gasteiger partial charge >= 0.3 is 0 Å². The summed E-state index contributed by atoms with van der Waals surface area (Å²) in [6.07, 6.45) is 1.84. The Morgan fingerprint density at radius 2 is 1.95 bits per heavy atom. The third-order valence-electron chi connectivity index (χ3n) is 3.10. The van der Waals surface area contributed by atoms with Crippen LogP contribution in [0.4, 0.5) is 4.39 Å². The van der Waals surface area contributed by atoms with Crippen LogP contribution in [0.1, 0.15) is 31.1 Å². The molecule has 0 amide bonds. The van der Waals surface area contributed by atoms with Crippen LogP contribution < -0.4 is 5.32 Å². The maximum absolute atomic E-state index is 12.9. The molecule has 0 saturated carbocycles. The summed E-state index contributed by atoms with van der Waals surface area (Å²) in [6.45, 7) is 7.03. The zero-order valence-corrected chi connectivity index (χ0v) is 11.4. The van der Waals surface area contributed by atoms with E-state index >= 15 is 0 Å². The van der Waals surface area contributed by atoms with Crippen LogP contribution in [0.25, 0.3) is 11.4 Å². The zero-order valence-electron chi connectivity index (χ0n) is 11.4. The predicted molar refractivity (Wildman–Crippen MR) is 74.3 cm³/mol. The summed E-state index contributed by atoms with van der Waals surface area (Å²) in [7, 11) is 0. The second-order valence-corrected chi connectivity index (χ2v) is 4.52. The molecule has 0 spiro atoms. The van der Waals surface area contributed by atoms with Gasteiger partial charge in [-0.2, -0.15) is 0 Å². The highest BCUT2D eigenvalue weighted by Crippen LogP contribution is 2.20. The van der Waals surface area contributed by atoms with Crippen molar-refractivity contribution in [2.75, 3.05) is 6.54 Å². The van der Waals surface area contributed by atoms with Gasteiger partial charge in [-0.1, -0.05) is 6.92 Å². The Labute approximate surface area is 112 Å². The molecule has 1 aromatic carbocycles. The molecule has 1 unspecified atom stereocenters. The van der Waals surface area contributed by atoms with Crippen LogP contribution in [-0.4, -0.2) is 16.5 Å². The molecule has 0 radical (unpaired) electrons. The first-order valence-corrected chi connectivity index (χ1v) is 6.44. The average Bonchev–Trinajstić information content (AvgIpc) is 2.39. The maximum atomic E-state index is 12.9. The van der Waals surface area contributed by atoms with Crippen molar-refractivity contribution in [1.82, 2.24) is 15.3 Å². The molecule has 0 bridgehead atoms. The first-order valence-electron chi connectivity index (χ1n) is 6.44. The quantitative estimate of drug-likeness (QED) is 0.915. The van der Waals surface area contributed by atoms with Crippen molar-refractivity contribution in [3.63, 3.8) is 0 Å². The molecule has 3 nitrogen and oxygen atoms in total. The highest BCUT2D eigenvalue weighted by molar-refractivity contribution is 5.54. The maximum Gasteiger partial charge on any atom is 0.159 e. The van der Waals surface area contributed by atoms with E-state index in [4.69, 9.17) is 0 Å². The normalized spacial score (nSPS) is 12.4. The molecular weight excluding hydrogens is 241 g/mol. The molecule has 0 saturated heterocycles. The van der Waals surface area contributed by atoms with Crippen LogP contribution in [-0.2, 0) is 0 Å². The number of nitrogens with zero attached hydrogens (tertiary/aromatic N) is 2. The Morgan fingerprint density at radius 1 is 1.26 bits per heavy atom. The highest BCUT2D eigenvalue weighted by atomic mass is 19.1. The minimum absolute atomic E-state index is 0.229. The van der Waals surface area contributed by atoms with Crippen molar-refractivity contribution < 1.29 is 4.39 Å². The summed E-state index contributed by atoms with van der Waals surface area (Å²) in [4.78, 5) is 8.87. The van der Waals surface area contributed by atoms with E-state index in [9.17, 15) is 4.39 Å². The Morgan fingerprint density at radius 3 is 2.53 bits per heavy atom. The molecule has 1 heterocycles. The van der Waals surface area contributed by atoms with E-state index in [1.54, 1.807) is 12.1 Å². The van der Waals surface area contributed by atoms with E-state index < -0.39 is 0 Å². The van der Waals surface area contributed by atoms with E-state index in [-0.39, 0.29) is 11.9 Å². The Balaban J connectivity index is 2.30. The number of aromatic nitrogens is 2. The number of halogens is 1. The summed E-state index contributed by atoms with van der Waals surface area (Å²) in [5.41, 5.74) is 2.86. The first kappa shape index (κ1) is 13.6. The van der Waals surface area contributed by atoms with Crippen molar-refractivity contribution in [3.8, 4) is 11.4 Å². The minimum atomic E-state index is -0.252. The van der Waals surface area contributed by atoms with Gasteiger partial charge in [-0.05, 0) is 44.7 Å². The third kappa shape index (κ3) is 3.15. The molecule has 1 aromatic heterocycles. The van der Waals surface area contributed by atoms with Crippen molar-refractivity contribution in [1.29, 1.82) is 0 Å². The van der Waals surface area contributed by atoms with Crippen molar-refractivity contribution in [2.24, 2.45) is 0 Å². The lowest BCUT2D eigenvalue weighted by Gasteiger charge is -2.15. The topological polar surface area (TPSA) is 37.8 Å². The number of benzene rings is 1. The van der Waals surface area contributed by atoms with Gasteiger partial charge in [-0.3, -0.25) is 0 Å². The van der Waals surface area contributed by atoms with E-state index in [1.807, 2.05) is 13.1 Å². The number of rotatable bonds is 4. The molecule has 2 rings (SSSR count). The molecule has 0 fully saturated rings. The summed E-state index contributed by atoms with van der Waals surface area (Å²) >= 11 is 0. The Hall–Kier alpha value is -1.81. The lowest BCUT2D eigenvalue weighted by molar-refractivity contribution is 0.590. The lowest BCUT2D eigenvalue weighted by Crippen LogP contribution is -2.19. The number of hydrogen-bond donors (Lipinski definition) is 1. The van der Waals surface area contributed by atoms with Gasteiger partial charge in [0, 0.05) is 29.1 Å². The van der Waals surface area contributed by atoms with Gasteiger partial charge in [-0.25, -0.2) is 14.4 Å². The summed E-state index contributed by atoms with van der Waals surface area (Å²) in [6, 6.07) is 6.45. The third-order valence-corrected chi connectivity index (χ3v) is 3.10. The van der Waals surface area contributed by atoms with Gasteiger partial charge in [0.1, 0.15) is 5.82 Å². The largest absolute Gasteiger partial charge is 0.310 e. The minimum Gasteiger partial charge on any atom is -0.310 e. The fourth-order valence-electron chi connectivity index (χ4n) is 2.06. The molecule has 1 N–H and O–H groups in total. The van der Waals surface area contributed by atoms with Crippen molar-refractivity contribution in [2.45, 2.75) is 26.8 Å². The van der Waals surface area contributed by atoms with Crippen LogP contribution in [0.15, 0.2) is 30.5 Å². The van der Waals surface area contributed by atoms with Gasteiger partial charge in [0.05, 0.1) is 0 Å². The second kappa shape index (κ2) is 5.89. The predicted octanol–water partition coefficient (Wildman–Crippen LogP) is 3.26. The number of nitrogens with one attached hydrogen (secondary N) is 1. The molecule has 100 valence electrons. The fraction of sp³-hybridized carbons (Fsp3) is 0.333. The van der Waals surface area contributed by atoms with Crippen LogP contribution >= 0.6 is 0 Å². The Bertz CT molecular complexity index is 552. The monoisotopic (exact) mass is 259 g/mol. The summed E-state index contributed by atoms with van der Waals surface area (Å²) < 4.78 is 12.9. The molecule has 2 aromatic rings. The lowest BCUT2D eigenvalue weighted by atomic mass is 10.1. The van der Waals surface area contributed by atoms with Gasteiger partial charge < -0.3 is 5.32 Å².